The van der Waals surface area contributed by atoms with Gasteiger partial charge in [0.2, 0.25) is 0 Å². The number of nitrogen functional groups attached to an aromatic ring is 1. The molecule has 0 unspecified atom stereocenters. The molecular weight excluding hydrogens is 232 g/mol. The SMILES string of the molecule is CCc1cccc(OCCc2csc(N)n2)c1. The Kier molecular flexibility index (Phi) is 3.98. The monoisotopic (exact) mass is 248 g/mol. The summed E-state index contributed by atoms with van der Waals surface area (Å²) in [6.07, 6.45) is 1.82. The molecule has 17 heavy (non-hydrogen) atoms. The van der Waals surface area contributed by atoms with Crippen molar-refractivity contribution in [1.82, 2.24) is 4.98 Å². The van der Waals surface area contributed by atoms with Gasteiger partial charge in [0.15, 0.2) is 5.13 Å². The van der Waals surface area contributed by atoms with Gasteiger partial charge in [-0.1, -0.05) is 19.1 Å². The second-order valence-electron chi connectivity index (χ2n) is 3.78. The maximum Gasteiger partial charge on any atom is 0.180 e. The number of thiazole rings is 1. The summed E-state index contributed by atoms with van der Waals surface area (Å²) in [5.41, 5.74) is 7.86. The predicted molar refractivity (Wildman–Crippen MR) is 71.5 cm³/mol. The van der Waals surface area contributed by atoms with E-state index < -0.39 is 0 Å². The first kappa shape index (κ1) is 11.9. The van der Waals surface area contributed by atoms with Gasteiger partial charge in [0.25, 0.3) is 0 Å². The van der Waals surface area contributed by atoms with Crippen molar-refractivity contribution in [2.75, 3.05) is 12.3 Å². The number of nitrogens with two attached hydrogens (primary N) is 1. The van der Waals surface area contributed by atoms with E-state index in [4.69, 9.17) is 10.5 Å². The summed E-state index contributed by atoms with van der Waals surface area (Å²) in [7, 11) is 0. The van der Waals surface area contributed by atoms with Crippen molar-refractivity contribution in [3.05, 3.63) is 40.9 Å². The second-order valence-corrected chi connectivity index (χ2v) is 4.67. The standard InChI is InChI=1S/C13H16N2OS/c1-2-10-4-3-5-12(8-10)16-7-6-11-9-17-13(14)15-11/h3-5,8-9H,2,6-7H2,1H3,(H2,14,15). The van der Waals surface area contributed by atoms with Crippen LogP contribution in [0.2, 0.25) is 0 Å². The third-order valence-corrected chi connectivity index (χ3v) is 3.23. The van der Waals surface area contributed by atoms with Crippen LogP contribution in [-0.2, 0) is 12.8 Å². The molecular formula is C13H16N2OS. The number of aromatic nitrogens is 1. The fourth-order valence-electron chi connectivity index (χ4n) is 1.57. The molecule has 0 saturated heterocycles. The third kappa shape index (κ3) is 3.46. The zero-order chi connectivity index (χ0) is 12.1. The van der Waals surface area contributed by atoms with E-state index in [0.717, 1.165) is 24.3 Å². The lowest BCUT2D eigenvalue weighted by Crippen LogP contribution is -2.02. The van der Waals surface area contributed by atoms with E-state index >= 15 is 0 Å². The summed E-state index contributed by atoms with van der Waals surface area (Å²) in [4.78, 5) is 4.19. The van der Waals surface area contributed by atoms with Crippen molar-refractivity contribution in [3.8, 4) is 5.75 Å². The number of hydrogen-bond donors (Lipinski definition) is 1. The lowest BCUT2D eigenvalue weighted by molar-refractivity contribution is 0.320. The summed E-state index contributed by atoms with van der Waals surface area (Å²) in [5.74, 6) is 0.924. The van der Waals surface area contributed by atoms with Crippen LogP contribution in [0.3, 0.4) is 0 Å². The highest BCUT2D eigenvalue weighted by Gasteiger charge is 2.00. The zero-order valence-corrected chi connectivity index (χ0v) is 10.7. The molecule has 4 heteroatoms. The molecule has 1 aromatic carbocycles. The zero-order valence-electron chi connectivity index (χ0n) is 9.85. The Bertz CT molecular complexity index is 482. The van der Waals surface area contributed by atoms with Crippen LogP contribution in [0.15, 0.2) is 29.6 Å². The molecule has 0 atom stereocenters. The molecule has 0 aliphatic heterocycles. The van der Waals surface area contributed by atoms with Crippen LogP contribution < -0.4 is 10.5 Å². The molecule has 0 spiro atoms. The molecule has 2 aromatic rings. The molecule has 1 aromatic heterocycles. The Morgan fingerprint density at radius 2 is 2.29 bits per heavy atom. The minimum Gasteiger partial charge on any atom is -0.493 e. The second kappa shape index (κ2) is 5.68. The summed E-state index contributed by atoms with van der Waals surface area (Å²) in [5, 5.41) is 2.59. The van der Waals surface area contributed by atoms with Gasteiger partial charge >= 0.3 is 0 Å². The highest BCUT2D eigenvalue weighted by Crippen LogP contribution is 2.15. The molecule has 0 aliphatic carbocycles. The van der Waals surface area contributed by atoms with Gasteiger partial charge in [-0.25, -0.2) is 4.98 Å². The van der Waals surface area contributed by atoms with E-state index in [-0.39, 0.29) is 0 Å². The van der Waals surface area contributed by atoms with Gasteiger partial charge < -0.3 is 10.5 Å². The lowest BCUT2D eigenvalue weighted by Gasteiger charge is -2.06. The Morgan fingerprint density at radius 1 is 1.41 bits per heavy atom. The van der Waals surface area contributed by atoms with E-state index in [2.05, 4.69) is 24.0 Å². The minimum atomic E-state index is 0.619. The van der Waals surface area contributed by atoms with E-state index in [1.807, 2.05) is 17.5 Å². The number of ether oxygens (including phenoxy) is 1. The van der Waals surface area contributed by atoms with Gasteiger partial charge in [-0.15, -0.1) is 11.3 Å². The van der Waals surface area contributed by atoms with Crippen molar-refractivity contribution in [2.24, 2.45) is 0 Å². The molecule has 0 fully saturated rings. The van der Waals surface area contributed by atoms with Gasteiger partial charge in [0, 0.05) is 11.8 Å². The molecule has 0 aliphatic rings. The van der Waals surface area contributed by atoms with Gasteiger partial charge in [0.1, 0.15) is 5.75 Å². The average molecular weight is 248 g/mol. The molecule has 2 rings (SSSR count). The van der Waals surface area contributed by atoms with Gasteiger partial charge in [-0.05, 0) is 24.1 Å². The molecule has 2 N–H and O–H groups in total. The minimum absolute atomic E-state index is 0.619. The molecule has 1 heterocycles. The maximum absolute atomic E-state index is 5.69. The highest BCUT2D eigenvalue weighted by atomic mass is 32.1. The summed E-state index contributed by atoms with van der Waals surface area (Å²) < 4.78 is 5.69. The Hall–Kier alpha value is -1.55. The van der Waals surface area contributed by atoms with E-state index in [9.17, 15) is 0 Å². The van der Waals surface area contributed by atoms with Crippen LogP contribution in [0.25, 0.3) is 0 Å². The third-order valence-electron chi connectivity index (χ3n) is 2.50. The normalized spacial score (nSPS) is 10.4. The van der Waals surface area contributed by atoms with E-state index in [0.29, 0.717) is 11.7 Å². The van der Waals surface area contributed by atoms with Crippen LogP contribution in [0, 0.1) is 0 Å². The van der Waals surface area contributed by atoms with Crippen molar-refractivity contribution in [3.63, 3.8) is 0 Å². The first-order valence-electron chi connectivity index (χ1n) is 5.69. The molecule has 3 nitrogen and oxygen atoms in total. The first-order valence-corrected chi connectivity index (χ1v) is 6.57. The molecule has 0 bridgehead atoms. The number of nitrogens with zero attached hydrogens (tertiary/aromatic N) is 1. The fraction of sp³-hybridized carbons (Fsp3) is 0.308. The maximum atomic E-state index is 5.69. The van der Waals surface area contributed by atoms with Crippen LogP contribution in [0.1, 0.15) is 18.2 Å². The van der Waals surface area contributed by atoms with Crippen LogP contribution in [0.4, 0.5) is 5.13 Å². The molecule has 90 valence electrons. The lowest BCUT2D eigenvalue weighted by atomic mass is 10.2. The Balaban J connectivity index is 1.85. The molecule has 0 saturated carbocycles. The number of benzene rings is 1. The van der Waals surface area contributed by atoms with Crippen LogP contribution in [0.5, 0.6) is 5.75 Å². The predicted octanol–water partition coefficient (Wildman–Crippen LogP) is 2.91. The summed E-state index contributed by atoms with van der Waals surface area (Å²) >= 11 is 1.47. The average Bonchev–Trinajstić information content (AvgIpc) is 2.75. The first-order chi connectivity index (χ1) is 8.28. The largest absolute Gasteiger partial charge is 0.493 e. The number of aryl methyl sites for hydroxylation is 1. The van der Waals surface area contributed by atoms with Crippen molar-refractivity contribution in [2.45, 2.75) is 19.8 Å². The van der Waals surface area contributed by atoms with Crippen molar-refractivity contribution >= 4 is 16.5 Å². The van der Waals surface area contributed by atoms with Gasteiger partial charge in [0.05, 0.1) is 12.3 Å². The Morgan fingerprint density at radius 3 is 3.00 bits per heavy atom. The van der Waals surface area contributed by atoms with E-state index in [1.165, 1.54) is 16.9 Å². The Labute approximate surface area is 105 Å². The van der Waals surface area contributed by atoms with Crippen LogP contribution >= 0.6 is 11.3 Å². The van der Waals surface area contributed by atoms with Crippen LogP contribution in [-0.4, -0.2) is 11.6 Å². The van der Waals surface area contributed by atoms with Gasteiger partial charge in [-0.2, -0.15) is 0 Å². The fourth-order valence-corrected chi connectivity index (χ4v) is 2.16. The van der Waals surface area contributed by atoms with Gasteiger partial charge in [-0.3, -0.25) is 0 Å². The summed E-state index contributed by atoms with van der Waals surface area (Å²) in [6.45, 7) is 2.77. The number of rotatable bonds is 5. The summed E-state index contributed by atoms with van der Waals surface area (Å²) in [6, 6.07) is 8.19. The van der Waals surface area contributed by atoms with Crippen molar-refractivity contribution < 1.29 is 4.74 Å². The number of hydrogen-bond acceptors (Lipinski definition) is 4. The van der Waals surface area contributed by atoms with E-state index in [1.54, 1.807) is 0 Å². The molecule has 0 amide bonds. The highest BCUT2D eigenvalue weighted by molar-refractivity contribution is 7.13. The molecule has 0 radical (unpaired) electrons. The topological polar surface area (TPSA) is 48.1 Å². The quantitative estimate of drug-likeness (QED) is 0.885. The van der Waals surface area contributed by atoms with Crippen molar-refractivity contribution in [1.29, 1.82) is 0 Å². The smallest absolute Gasteiger partial charge is 0.180 e. The number of anilines is 1.